The third-order valence-electron chi connectivity index (χ3n) is 4.20. The molecule has 12 nitrogen and oxygen atoms in total. The SMILES string of the molecule is CC(=O)OC[C@H]1O[C@H](OC(=N)C(Cl)(Cl)Cl)[C@H](OC(=O)c2ccc[nH]2)[C@@H](OC(C)=O)[C@@H]1OC(C)=O. The first-order valence-electron chi connectivity index (χ1n) is 9.59. The quantitative estimate of drug-likeness (QED) is 0.171. The van der Waals surface area contributed by atoms with Crippen molar-refractivity contribution < 1.29 is 47.6 Å². The number of hydrogen-bond donors (Lipinski definition) is 2. The molecule has 2 N–H and O–H groups in total. The van der Waals surface area contributed by atoms with E-state index in [0.29, 0.717) is 0 Å². The van der Waals surface area contributed by atoms with Crippen LogP contribution in [0.1, 0.15) is 31.3 Å². The first-order chi connectivity index (χ1) is 15.8. The highest BCUT2D eigenvalue weighted by atomic mass is 35.6. The highest BCUT2D eigenvalue weighted by molar-refractivity contribution is 6.76. The van der Waals surface area contributed by atoms with Crippen molar-refractivity contribution in [1.29, 1.82) is 5.41 Å². The van der Waals surface area contributed by atoms with Crippen LogP contribution in [0.3, 0.4) is 0 Å². The summed E-state index contributed by atoms with van der Waals surface area (Å²) in [5, 5.41) is 7.87. The lowest BCUT2D eigenvalue weighted by Crippen LogP contribution is -2.63. The van der Waals surface area contributed by atoms with Crippen LogP contribution >= 0.6 is 34.8 Å². The number of ether oxygens (including phenoxy) is 6. The molecule has 0 bridgehead atoms. The van der Waals surface area contributed by atoms with Gasteiger partial charge >= 0.3 is 23.9 Å². The zero-order valence-electron chi connectivity index (χ0n) is 18.0. The Hall–Kier alpha value is -2.54. The first-order valence-corrected chi connectivity index (χ1v) is 10.7. The number of alkyl halides is 3. The summed E-state index contributed by atoms with van der Waals surface area (Å²) in [6.45, 7) is 2.78. The average Bonchev–Trinajstić information content (AvgIpc) is 3.24. The molecule has 0 radical (unpaired) electrons. The van der Waals surface area contributed by atoms with E-state index in [2.05, 4.69) is 4.98 Å². The Labute approximate surface area is 208 Å². The zero-order valence-corrected chi connectivity index (χ0v) is 20.3. The molecule has 0 aliphatic carbocycles. The van der Waals surface area contributed by atoms with E-state index >= 15 is 0 Å². The van der Waals surface area contributed by atoms with Gasteiger partial charge in [-0.05, 0) is 12.1 Å². The van der Waals surface area contributed by atoms with Crippen molar-refractivity contribution in [2.24, 2.45) is 0 Å². The largest absolute Gasteiger partial charge is 0.463 e. The van der Waals surface area contributed by atoms with Gasteiger partial charge in [0.2, 0.25) is 18.3 Å². The van der Waals surface area contributed by atoms with Crippen molar-refractivity contribution in [3.63, 3.8) is 0 Å². The predicted octanol–water partition coefficient (Wildman–Crippen LogP) is 2.06. The number of halogens is 3. The second kappa shape index (κ2) is 11.7. The molecule has 1 aliphatic rings. The molecule has 0 saturated carbocycles. The van der Waals surface area contributed by atoms with Crippen molar-refractivity contribution >= 4 is 64.6 Å². The van der Waals surface area contributed by atoms with Crippen LogP contribution in [0.5, 0.6) is 0 Å². The van der Waals surface area contributed by atoms with Crippen LogP contribution < -0.4 is 0 Å². The number of H-pyrrole nitrogens is 1. The first kappa shape index (κ1) is 27.7. The average molecular weight is 544 g/mol. The van der Waals surface area contributed by atoms with Crippen molar-refractivity contribution in [2.75, 3.05) is 6.61 Å². The number of hydrogen-bond acceptors (Lipinski definition) is 11. The molecule has 2 rings (SSSR count). The molecule has 0 amide bonds. The molecule has 15 heteroatoms. The minimum Gasteiger partial charge on any atom is -0.463 e. The van der Waals surface area contributed by atoms with Crippen LogP contribution in [-0.4, -0.2) is 75.9 Å². The van der Waals surface area contributed by atoms with Gasteiger partial charge < -0.3 is 33.4 Å². The Bertz CT molecular complexity index is 918. The maximum atomic E-state index is 12.6. The normalized spacial score (nSPS) is 24.5. The molecule has 188 valence electrons. The van der Waals surface area contributed by atoms with Gasteiger partial charge in [-0.1, -0.05) is 34.8 Å². The summed E-state index contributed by atoms with van der Waals surface area (Å²) in [6.07, 6.45) is -6.09. The zero-order chi connectivity index (χ0) is 25.6. The monoisotopic (exact) mass is 542 g/mol. The fourth-order valence-electron chi connectivity index (χ4n) is 2.92. The smallest absolute Gasteiger partial charge is 0.355 e. The van der Waals surface area contributed by atoms with E-state index in [1.54, 1.807) is 0 Å². The Balaban J connectivity index is 2.49. The van der Waals surface area contributed by atoms with Gasteiger partial charge in [-0.25, -0.2) is 4.79 Å². The van der Waals surface area contributed by atoms with E-state index < -0.39 is 70.9 Å². The predicted molar refractivity (Wildman–Crippen MR) is 115 cm³/mol. The molecule has 34 heavy (non-hydrogen) atoms. The van der Waals surface area contributed by atoms with Crippen LogP contribution in [0.15, 0.2) is 18.3 Å². The molecule has 0 unspecified atom stereocenters. The van der Waals surface area contributed by atoms with Crippen LogP contribution in [0.4, 0.5) is 0 Å². The summed E-state index contributed by atoms with van der Waals surface area (Å²) in [4.78, 5) is 50.3. The van der Waals surface area contributed by atoms with Crippen molar-refractivity contribution in [1.82, 2.24) is 4.98 Å². The van der Waals surface area contributed by atoms with Gasteiger partial charge in [0.1, 0.15) is 18.4 Å². The maximum Gasteiger partial charge on any atom is 0.355 e. The standard InChI is InChI=1S/C19H21Cl3N2O10/c1-8(25)29-7-12-13(30-9(2)26)14(31-10(3)27)15(33-16(28)11-5-4-6-24-11)17(32-12)34-18(23)19(20,21)22/h4-6,12-15,17,23-24H,7H2,1-3H3/t12-,13-,14+,15-,17-/m1/s1. The molecular weight excluding hydrogens is 523 g/mol. The van der Waals surface area contributed by atoms with Gasteiger partial charge in [-0.3, -0.25) is 19.8 Å². The molecule has 0 aromatic carbocycles. The number of nitrogens with one attached hydrogen (secondary N) is 2. The second-order valence-electron chi connectivity index (χ2n) is 6.89. The van der Waals surface area contributed by atoms with Gasteiger partial charge in [0.05, 0.1) is 0 Å². The van der Waals surface area contributed by atoms with Crippen LogP contribution in [0.25, 0.3) is 0 Å². The molecule has 1 fully saturated rings. The number of carbonyl (C=O) groups is 4. The fourth-order valence-corrected chi connectivity index (χ4v) is 3.05. The highest BCUT2D eigenvalue weighted by Gasteiger charge is 2.54. The Morgan fingerprint density at radius 3 is 2.09 bits per heavy atom. The molecule has 1 aromatic rings. The third kappa shape index (κ3) is 7.76. The lowest BCUT2D eigenvalue weighted by molar-refractivity contribution is -0.288. The van der Waals surface area contributed by atoms with E-state index in [1.807, 2.05) is 0 Å². The highest BCUT2D eigenvalue weighted by Crippen LogP contribution is 2.34. The molecule has 2 heterocycles. The van der Waals surface area contributed by atoms with Crippen molar-refractivity contribution in [3.8, 4) is 0 Å². The number of rotatable bonds is 7. The lowest BCUT2D eigenvalue weighted by Gasteiger charge is -2.44. The summed E-state index contributed by atoms with van der Waals surface area (Å²) >= 11 is 17.1. The number of aromatic nitrogens is 1. The number of carbonyl (C=O) groups excluding carboxylic acids is 4. The molecule has 1 aromatic heterocycles. The summed E-state index contributed by atoms with van der Waals surface area (Å²) in [5.74, 6) is -4.18. The summed E-state index contributed by atoms with van der Waals surface area (Å²) < 4.78 is 29.6. The molecule has 1 saturated heterocycles. The van der Waals surface area contributed by atoms with Crippen molar-refractivity contribution in [2.45, 2.75) is 55.3 Å². The molecule has 0 spiro atoms. The number of aromatic amines is 1. The second-order valence-corrected chi connectivity index (χ2v) is 9.17. The van der Waals surface area contributed by atoms with Crippen LogP contribution in [0.2, 0.25) is 0 Å². The lowest BCUT2D eigenvalue weighted by atomic mass is 9.98. The van der Waals surface area contributed by atoms with Crippen LogP contribution in [-0.2, 0) is 42.8 Å². The molecule has 5 atom stereocenters. The summed E-state index contributed by atoms with van der Waals surface area (Å²) in [6, 6.07) is 2.93. The van der Waals surface area contributed by atoms with Gasteiger partial charge in [0.15, 0.2) is 12.2 Å². The van der Waals surface area contributed by atoms with E-state index in [9.17, 15) is 19.2 Å². The van der Waals surface area contributed by atoms with E-state index in [4.69, 9.17) is 68.6 Å². The topological polar surface area (TPSA) is 163 Å². The van der Waals surface area contributed by atoms with Gasteiger partial charge in [0.25, 0.3) is 3.79 Å². The summed E-state index contributed by atoms with van der Waals surface area (Å²) in [5.41, 5.74) is 0.0165. The third-order valence-corrected chi connectivity index (χ3v) is 4.71. The van der Waals surface area contributed by atoms with E-state index in [0.717, 1.165) is 20.8 Å². The van der Waals surface area contributed by atoms with Crippen molar-refractivity contribution in [3.05, 3.63) is 24.0 Å². The Kier molecular flexibility index (Phi) is 9.56. The number of esters is 4. The molecule has 1 aliphatic heterocycles. The van der Waals surface area contributed by atoms with Gasteiger partial charge in [-0.15, -0.1) is 0 Å². The van der Waals surface area contributed by atoms with Crippen LogP contribution in [0, 0.1) is 5.41 Å². The Morgan fingerprint density at radius 2 is 1.59 bits per heavy atom. The molecular formula is C19H21Cl3N2O10. The van der Waals surface area contributed by atoms with E-state index in [1.165, 1.54) is 18.3 Å². The van der Waals surface area contributed by atoms with Gasteiger partial charge in [-0.2, -0.15) is 0 Å². The van der Waals surface area contributed by atoms with Gasteiger partial charge in [0, 0.05) is 27.0 Å². The Morgan fingerprint density at radius 1 is 0.971 bits per heavy atom. The summed E-state index contributed by atoms with van der Waals surface area (Å²) in [7, 11) is 0. The minimum atomic E-state index is -2.33. The van der Waals surface area contributed by atoms with E-state index in [-0.39, 0.29) is 5.69 Å². The maximum absolute atomic E-state index is 12.6. The fraction of sp³-hybridized carbons (Fsp3) is 0.526. The minimum absolute atomic E-state index is 0.0165.